The average Bonchev–Trinajstić information content (AvgIpc) is 2.30. The number of carbonyl (C=O) groups is 1. The molecule has 1 aromatic rings. The van der Waals surface area contributed by atoms with Crippen LogP contribution in [0.5, 0.6) is 0 Å². The fourth-order valence-corrected chi connectivity index (χ4v) is 1.39. The highest BCUT2D eigenvalue weighted by molar-refractivity contribution is 5.84. The molecule has 1 rings (SSSR count). The number of nitrogens with zero attached hydrogens (tertiary/aromatic N) is 1. The number of non-ortho nitro benzene ring substituents is 1. The van der Waals surface area contributed by atoms with Crippen LogP contribution in [0.25, 0.3) is 0 Å². The van der Waals surface area contributed by atoms with Crippen molar-refractivity contribution in [2.24, 2.45) is 0 Å². The van der Waals surface area contributed by atoms with Gasteiger partial charge < -0.3 is 10.6 Å². The van der Waals surface area contributed by atoms with E-state index in [0.717, 1.165) is 5.56 Å². The number of aryl methyl sites for hydroxylation is 1. The van der Waals surface area contributed by atoms with Gasteiger partial charge in [-0.3, -0.25) is 14.9 Å². The topological polar surface area (TPSA) is 84.3 Å². The Hall–Kier alpha value is -2.11. The number of nitro benzene ring substituents is 1. The molecule has 0 bridgehead atoms. The van der Waals surface area contributed by atoms with Gasteiger partial charge in [0.1, 0.15) is 6.04 Å². The highest BCUT2D eigenvalue weighted by Gasteiger charge is 2.14. The van der Waals surface area contributed by atoms with Crippen molar-refractivity contribution in [3.8, 4) is 0 Å². The highest BCUT2D eigenvalue weighted by Crippen LogP contribution is 2.22. The minimum atomic E-state index is -0.463. The van der Waals surface area contributed by atoms with Gasteiger partial charge in [-0.25, -0.2) is 0 Å². The van der Waals surface area contributed by atoms with E-state index in [-0.39, 0.29) is 11.6 Å². The van der Waals surface area contributed by atoms with E-state index in [1.54, 1.807) is 20.0 Å². The summed E-state index contributed by atoms with van der Waals surface area (Å²) < 4.78 is 0. The maximum absolute atomic E-state index is 11.3. The zero-order valence-corrected chi connectivity index (χ0v) is 9.98. The van der Waals surface area contributed by atoms with Crippen molar-refractivity contribution in [1.82, 2.24) is 5.32 Å². The third-order valence-electron chi connectivity index (χ3n) is 2.44. The molecule has 1 aromatic carbocycles. The number of hydrogen-bond donors (Lipinski definition) is 2. The van der Waals surface area contributed by atoms with Gasteiger partial charge in [-0.15, -0.1) is 0 Å². The van der Waals surface area contributed by atoms with E-state index in [1.807, 2.05) is 6.92 Å². The standard InChI is InChI=1S/C11H15N3O3/c1-7-4-5-9(14(16)17)6-10(7)13-8(2)11(15)12-3/h4-6,8,13H,1-3H3,(H,12,15). The maximum atomic E-state index is 11.3. The zero-order chi connectivity index (χ0) is 13.0. The molecule has 6 nitrogen and oxygen atoms in total. The normalized spacial score (nSPS) is 11.7. The SMILES string of the molecule is CNC(=O)C(C)Nc1cc([N+](=O)[O-])ccc1C. The van der Waals surface area contributed by atoms with Crippen molar-refractivity contribution in [1.29, 1.82) is 0 Å². The van der Waals surface area contributed by atoms with Crippen molar-refractivity contribution in [3.05, 3.63) is 33.9 Å². The Kier molecular flexibility index (Phi) is 4.03. The van der Waals surface area contributed by atoms with E-state index in [1.165, 1.54) is 12.1 Å². The van der Waals surface area contributed by atoms with Gasteiger partial charge >= 0.3 is 0 Å². The number of carbonyl (C=O) groups excluding carboxylic acids is 1. The third-order valence-corrected chi connectivity index (χ3v) is 2.44. The molecule has 0 fully saturated rings. The second kappa shape index (κ2) is 5.29. The first-order valence-corrected chi connectivity index (χ1v) is 5.19. The summed E-state index contributed by atoms with van der Waals surface area (Å²) in [7, 11) is 1.54. The molecule has 0 aliphatic carbocycles. The number of nitrogens with one attached hydrogen (secondary N) is 2. The zero-order valence-electron chi connectivity index (χ0n) is 9.98. The first kappa shape index (κ1) is 13.0. The molecule has 0 aliphatic rings. The summed E-state index contributed by atoms with van der Waals surface area (Å²) in [6.07, 6.45) is 0. The smallest absolute Gasteiger partial charge is 0.271 e. The van der Waals surface area contributed by atoms with Crippen molar-refractivity contribution < 1.29 is 9.72 Å². The van der Waals surface area contributed by atoms with Gasteiger partial charge in [-0.05, 0) is 19.4 Å². The van der Waals surface area contributed by atoms with E-state index < -0.39 is 11.0 Å². The van der Waals surface area contributed by atoms with Crippen molar-refractivity contribution >= 4 is 17.3 Å². The molecule has 0 aliphatic heterocycles. The molecule has 2 N–H and O–H groups in total. The summed E-state index contributed by atoms with van der Waals surface area (Å²) in [5.41, 5.74) is 1.45. The lowest BCUT2D eigenvalue weighted by atomic mass is 10.1. The lowest BCUT2D eigenvalue weighted by Crippen LogP contribution is -2.35. The summed E-state index contributed by atoms with van der Waals surface area (Å²) in [4.78, 5) is 21.5. The number of benzene rings is 1. The van der Waals surface area contributed by atoms with E-state index in [4.69, 9.17) is 0 Å². The van der Waals surface area contributed by atoms with Crippen LogP contribution in [0.1, 0.15) is 12.5 Å². The lowest BCUT2D eigenvalue weighted by Gasteiger charge is -2.15. The van der Waals surface area contributed by atoms with Crippen LogP contribution >= 0.6 is 0 Å². The van der Waals surface area contributed by atoms with Crippen molar-refractivity contribution in [3.63, 3.8) is 0 Å². The van der Waals surface area contributed by atoms with Crippen LogP contribution in [0.4, 0.5) is 11.4 Å². The molecule has 92 valence electrons. The molecular formula is C11H15N3O3. The molecule has 0 radical (unpaired) electrons. The van der Waals surface area contributed by atoms with Gasteiger partial charge in [-0.2, -0.15) is 0 Å². The van der Waals surface area contributed by atoms with Gasteiger partial charge in [0.05, 0.1) is 4.92 Å². The lowest BCUT2D eigenvalue weighted by molar-refractivity contribution is -0.384. The van der Waals surface area contributed by atoms with Crippen LogP contribution in [-0.2, 0) is 4.79 Å². The molecule has 0 aromatic heterocycles. The van der Waals surface area contributed by atoms with E-state index in [0.29, 0.717) is 5.69 Å². The Bertz CT molecular complexity index is 446. The Morgan fingerprint density at radius 3 is 2.65 bits per heavy atom. The Morgan fingerprint density at radius 2 is 2.12 bits per heavy atom. The number of rotatable bonds is 4. The number of likely N-dealkylation sites (N-methyl/N-ethyl adjacent to an activating group) is 1. The Labute approximate surface area is 99.2 Å². The molecule has 17 heavy (non-hydrogen) atoms. The van der Waals surface area contributed by atoms with Crippen LogP contribution in [0.15, 0.2) is 18.2 Å². The summed E-state index contributed by atoms with van der Waals surface area (Å²) in [5.74, 6) is -0.170. The first-order valence-electron chi connectivity index (χ1n) is 5.19. The Morgan fingerprint density at radius 1 is 1.47 bits per heavy atom. The second-order valence-electron chi connectivity index (χ2n) is 3.74. The first-order chi connectivity index (χ1) is 7.95. The predicted octanol–water partition coefficient (Wildman–Crippen LogP) is 1.45. The van der Waals surface area contributed by atoms with Crippen LogP contribution in [0.3, 0.4) is 0 Å². The average molecular weight is 237 g/mol. The fourth-order valence-electron chi connectivity index (χ4n) is 1.39. The highest BCUT2D eigenvalue weighted by atomic mass is 16.6. The largest absolute Gasteiger partial charge is 0.373 e. The van der Waals surface area contributed by atoms with Gasteiger partial charge in [0.25, 0.3) is 5.69 Å². The summed E-state index contributed by atoms with van der Waals surface area (Å²) in [5, 5.41) is 16.1. The van der Waals surface area contributed by atoms with Gasteiger partial charge in [0, 0.05) is 24.9 Å². The molecule has 1 atom stereocenters. The Balaban J connectivity index is 2.93. The fraction of sp³-hybridized carbons (Fsp3) is 0.364. The monoisotopic (exact) mass is 237 g/mol. The molecule has 0 spiro atoms. The number of amides is 1. The van der Waals surface area contributed by atoms with Crippen LogP contribution in [-0.4, -0.2) is 23.9 Å². The van der Waals surface area contributed by atoms with Crippen LogP contribution in [0.2, 0.25) is 0 Å². The van der Waals surface area contributed by atoms with E-state index in [2.05, 4.69) is 10.6 Å². The van der Waals surface area contributed by atoms with Crippen molar-refractivity contribution in [2.75, 3.05) is 12.4 Å². The summed E-state index contributed by atoms with van der Waals surface area (Å²) in [6.45, 7) is 3.51. The summed E-state index contributed by atoms with van der Waals surface area (Å²) >= 11 is 0. The number of nitro groups is 1. The summed E-state index contributed by atoms with van der Waals surface area (Å²) in [6, 6.07) is 4.07. The minimum Gasteiger partial charge on any atom is -0.373 e. The number of anilines is 1. The maximum Gasteiger partial charge on any atom is 0.271 e. The minimum absolute atomic E-state index is 0.00204. The van der Waals surface area contributed by atoms with Crippen LogP contribution < -0.4 is 10.6 Å². The number of hydrogen-bond acceptors (Lipinski definition) is 4. The molecule has 0 saturated carbocycles. The molecule has 0 saturated heterocycles. The second-order valence-corrected chi connectivity index (χ2v) is 3.74. The third kappa shape index (κ3) is 3.17. The van der Waals surface area contributed by atoms with Crippen molar-refractivity contribution in [2.45, 2.75) is 19.9 Å². The molecule has 6 heteroatoms. The van der Waals surface area contributed by atoms with Gasteiger partial charge in [0.2, 0.25) is 5.91 Å². The molecular weight excluding hydrogens is 222 g/mol. The van der Waals surface area contributed by atoms with E-state index >= 15 is 0 Å². The van der Waals surface area contributed by atoms with E-state index in [9.17, 15) is 14.9 Å². The molecule has 1 unspecified atom stereocenters. The van der Waals surface area contributed by atoms with Gasteiger partial charge in [0.15, 0.2) is 0 Å². The quantitative estimate of drug-likeness (QED) is 0.613. The predicted molar refractivity (Wildman–Crippen MR) is 65.0 cm³/mol. The molecule has 1 amide bonds. The molecule has 0 heterocycles. The van der Waals surface area contributed by atoms with Crippen LogP contribution in [0, 0.1) is 17.0 Å². The van der Waals surface area contributed by atoms with Gasteiger partial charge in [-0.1, -0.05) is 6.07 Å².